The fraction of sp³-hybridized carbons (Fsp3) is 0.0357. The maximum absolute atomic E-state index is 6.50. The molecule has 0 radical (unpaired) electrons. The molecule has 6 heteroatoms. The van der Waals surface area contributed by atoms with E-state index >= 15 is 0 Å². The van der Waals surface area contributed by atoms with Gasteiger partial charge >= 0.3 is 0 Å². The van der Waals surface area contributed by atoms with E-state index < -0.39 is 0 Å². The number of allylic oxidation sites excluding steroid dienone is 3. The van der Waals surface area contributed by atoms with Crippen LogP contribution < -0.4 is 4.90 Å². The number of furan rings is 1. The van der Waals surface area contributed by atoms with Gasteiger partial charge in [0.1, 0.15) is 23.0 Å². The Morgan fingerprint density at radius 2 is 1.08 bits per heavy atom. The molecule has 0 fully saturated rings. The first-order valence-electron chi connectivity index (χ1n) is 21.1. The van der Waals surface area contributed by atoms with Crippen molar-refractivity contribution in [3.05, 3.63) is 206 Å². The third-order valence-corrected chi connectivity index (χ3v) is 12.6. The number of rotatable bonds is 6. The van der Waals surface area contributed by atoms with Crippen LogP contribution >= 0.6 is 0 Å². The third kappa shape index (κ3) is 5.10. The van der Waals surface area contributed by atoms with E-state index in [4.69, 9.17) is 14.4 Å². The van der Waals surface area contributed by atoms with E-state index in [0.717, 1.165) is 78.5 Å². The molecule has 2 aliphatic rings. The van der Waals surface area contributed by atoms with E-state index in [1.165, 1.54) is 38.1 Å². The van der Waals surface area contributed by atoms with Gasteiger partial charge < -0.3 is 13.6 Å². The summed E-state index contributed by atoms with van der Waals surface area (Å²) in [5.74, 6) is 1.67. The second kappa shape index (κ2) is 13.4. The molecule has 0 bridgehead atoms. The van der Waals surface area contributed by atoms with Gasteiger partial charge in [-0.2, -0.15) is 0 Å². The summed E-state index contributed by atoms with van der Waals surface area (Å²) in [6, 6.07) is 63.2. The molecular formula is C56H37N5O. The minimum atomic E-state index is -0.125. The molecule has 62 heavy (non-hydrogen) atoms. The van der Waals surface area contributed by atoms with Crippen LogP contribution in [0.3, 0.4) is 0 Å². The monoisotopic (exact) mass is 795 g/mol. The first-order chi connectivity index (χ1) is 30.7. The van der Waals surface area contributed by atoms with Gasteiger partial charge in [0.2, 0.25) is 0 Å². The number of nitrogens with zero attached hydrogens (tertiary/aromatic N) is 5. The summed E-state index contributed by atoms with van der Waals surface area (Å²) in [5, 5.41) is 7.10. The molecule has 2 aliphatic heterocycles. The van der Waals surface area contributed by atoms with E-state index in [1.807, 2.05) is 31.2 Å². The Hall–Kier alpha value is -8.22. The van der Waals surface area contributed by atoms with Crippen LogP contribution in [0.15, 0.2) is 215 Å². The Morgan fingerprint density at radius 1 is 0.484 bits per heavy atom. The van der Waals surface area contributed by atoms with E-state index in [9.17, 15) is 0 Å². The molecule has 13 rings (SSSR count). The van der Waals surface area contributed by atoms with Crippen molar-refractivity contribution < 1.29 is 4.42 Å². The Labute approximate surface area is 356 Å². The molecule has 8 aromatic carbocycles. The largest absolute Gasteiger partial charge is 0.456 e. The molecule has 0 aliphatic carbocycles. The van der Waals surface area contributed by atoms with Crippen LogP contribution in [0.2, 0.25) is 0 Å². The minimum Gasteiger partial charge on any atom is -0.456 e. The average Bonchev–Trinajstić information content (AvgIpc) is 4.13. The number of anilines is 2. The first-order valence-corrected chi connectivity index (χ1v) is 21.1. The van der Waals surface area contributed by atoms with Gasteiger partial charge in [0.25, 0.3) is 0 Å². The zero-order chi connectivity index (χ0) is 40.9. The van der Waals surface area contributed by atoms with Crippen molar-refractivity contribution in [2.45, 2.75) is 13.0 Å². The highest BCUT2D eigenvalue weighted by Gasteiger charge is 2.39. The number of aliphatic imine (C=N–C) groups is 2. The number of aromatic nitrogens is 2. The number of hydrogen-bond donors (Lipinski definition) is 0. The molecule has 3 aromatic heterocycles. The molecule has 1 atom stereocenters. The zero-order valence-corrected chi connectivity index (χ0v) is 33.8. The van der Waals surface area contributed by atoms with Gasteiger partial charge in [0, 0.05) is 54.9 Å². The first kappa shape index (κ1) is 34.6. The Bertz CT molecular complexity index is 3740. The molecule has 0 saturated heterocycles. The van der Waals surface area contributed by atoms with Gasteiger partial charge in [0.15, 0.2) is 5.84 Å². The summed E-state index contributed by atoms with van der Waals surface area (Å²) in [4.78, 5) is 12.3. The molecule has 1 unspecified atom stereocenters. The van der Waals surface area contributed by atoms with Crippen LogP contribution in [0.5, 0.6) is 0 Å². The molecule has 6 nitrogen and oxygen atoms in total. The summed E-state index contributed by atoms with van der Waals surface area (Å²) in [5.41, 5.74) is 14.3. The maximum Gasteiger partial charge on any atom is 0.150 e. The summed E-state index contributed by atoms with van der Waals surface area (Å²) in [6.07, 6.45) is 7.97. The maximum atomic E-state index is 6.50. The summed E-state index contributed by atoms with van der Waals surface area (Å²) < 4.78 is 11.3. The van der Waals surface area contributed by atoms with E-state index in [-0.39, 0.29) is 6.04 Å². The highest BCUT2D eigenvalue weighted by Crippen LogP contribution is 2.46. The molecule has 0 amide bonds. The summed E-state index contributed by atoms with van der Waals surface area (Å²) in [7, 11) is 0. The quantitative estimate of drug-likeness (QED) is 0.157. The molecule has 0 spiro atoms. The highest BCUT2D eigenvalue weighted by molar-refractivity contribution is 6.22. The van der Waals surface area contributed by atoms with Crippen LogP contribution in [0.1, 0.15) is 18.5 Å². The molecule has 11 aromatic rings. The number of para-hydroxylation sites is 4. The second-order valence-electron chi connectivity index (χ2n) is 16.1. The van der Waals surface area contributed by atoms with Crippen LogP contribution in [-0.4, -0.2) is 20.8 Å². The highest BCUT2D eigenvalue weighted by atomic mass is 16.3. The van der Waals surface area contributed by atoms with E-state index in [2.05, 4.69) is 190 Å². The van der Waals surface area contributed by atoms with Gasteiger partial charge in [-0.1, -0.05) is 109 Å². The van der Waals surface area contributed by atoms with Crippen molar-refractivity contribution in [2.75, 3.05) is 4.90 Å². The zero-order valence-electron chi connectivity index (χ0n) is 33.8. The molecule has 0 saturated carbocycles. The smallest absolute Gasteiger partial charge is 0.150 e. The minimum absolute atomic E-state index is 0.125. The van der Waals surface area contributed by atoms with Crippen molar-refractivity contribution in [1.29, 1.82) is 0 Å². The van der Waals surface area contributed by atoms with Gasteiger partial charge in [-0.05, 0) is 109 Å². The van der Waals surface area contributed by atoms with Crippen LogP contribution in [-0.2, 0) is 0 Å². The lowest BCUT2D eigenvalue weighted by Gasteiger charge is -2.21. The number of hydrogen-bond acceptors (Lipinski definition) is 4. The summed E-state index contributed by atoms with van der Waals surface area (Å²) in [6.45, 7) is 2.01. The number of amidine groups is 2. The fourth-order valence-corrected chi connectivity index (χ4v) is 9.92. The van der Waals surface area contributed by atoms with E-state index in [0.29, 0.717) is 0 Å². The van der Waals surface area contributed by atoms with Gasteiger partial charge in [0.05, 0.1) is 27.8 Å². The van der Waals surface area contributed by atoms with Crippen molar-refractivity contribution in [2.24, 2.45) is 9.98 Å². The van der Waals surface area contributed by atoms with Crippen molar-refractivity contribution >= 4 is 88.6 Å². The average molecular weight is 796 g/mol. The predicted molar refractivity (Wildman–Crippen MR) is 258 cm³/mol. The van der Waals surface area contributed by atoms with Gasteiger partial charge in [-0.15, -0.1) is 0 Å². The Balaban J connectivity index is 0.915. The van der Waals surface area contributed by atoms with Crippen LogP contribution in [0.25, 0.3) is 88.1 Å². The lowest BCUT2D eigenvalue weighted by Crippen LogP contribution is -2.22. The number of fused-ring (bicyclic) bond motifs is 12. The lowest BCUT2D eigenvalue weighted by atomic mass is 10.0. The predicted octanol–water partition coefficient (Wildman–Crippen LogP) is 14.6. The fourth-order valence-electron chi connectivity index (χ4n) is 9.92. The normalized spacial score (nSPS) is 15.0. The molecule has 5 heterocycles. The summed E-state index contributed by atoms with van der Waals surface area (Å²) >= 11 is 0. The Kier molecular flexibility index (Phi) is 7.48. The number of benzene rings is 8. The lowest BCUT2D eigenvalue weighted by molar-refractivity contribution is 0.669. The van der Waals surface area contributed by atoms with Crippen LogP contribution in [0.4, 0.5) is 11.4 Å². The molecular weight excluding hydrogens is 759 g/mol. The van der Waals surface area contributed by atoms with Crippen molar-refractivity contribution in [3.8, 4) is 22.5 Å². The van der Waals surface area contributed by atoms with Gasteiger partial charge in [-0.3, -0.25) is 9.89 Å². The van der Waals surface area contributed by atoms with Crippen molar-refractivity contribution in [1.82, 2.24) is 9.13 Å². The molecule has 0 N–H and O–H groups in total. The van der Waals surface area contributed by atoms with E-state index in [1.54, 1.807) is 0 Å². The van der Waals surface area contributed by atoms with Gasteiger partial charge in [-0.25, -0.2) is 4.99 Å². The third-order valence-electron chi connectivity index (χ3n) is 12.6. The SMILES string of the molecule is C/C=C\C=C/C1=NC2C(=N1)N(c1cccc(-c3ccc4oc5ccc(-n6c7ccccc7c7cc(-n8c9ccccc9c9ccccc98)ccc76)cc5c4c3)c1)c1ccccc12. The van der Waals surface area contributed by atoms with Crippen LogP contribution in [0, 0.1) is 0 Å². The topological polar surface area (TPSA) is 51.0 Å². The Morgan fingerprint density at radius 3 is 1.82 bits per heavy atom. The standard InChI is InChI=1S/C56H37N5O/c1-2-3-4-24-54-57-55-43-19-8-12-23-50(43)61(56(55)58-54)37-15-13-14-35(31-37)36-25-29-52-45(32-36)46-34-39(27-30-53(46)62-52)60-49-22-11-7-18-42(49)44-33-38(26-28-51(44)60)59-47-20-9-5-16-40(47)41-17-6-10-21-48(41)59/h2-34,55H,1H3/b3-2-,24-4-. The second-order valence-corrected chi connectivity index (χ2v) is 16.1. The molecule has 292 valence electrons. The van der Waals surface area contributed by atoms with Crippen molar-refractivity contribution in [3.63, 3.8) is 0 Å².